The van der Waals surface area contributed by atoms with Crippen LogP contribution in [0.3, 0.4) is 0 Å². The quantitative estimate of drug-likeness (QED) is 0.456. The molecule has 0 aromatic heterocycles. The molecule has 134 valence electrons. The number of nitrogens with one attached hydrogen (secondary N) is 1. The number of rotatable bonds is 7. The van der Waals surface area contributed by atoms with Crippen molar-refractivity contribution in [2.75, 3.05) is 18.5 Å². The van der Waals surface area contributed by atoms with Gasteiger partial charge in [0.25, 0.3) is 0 Å². The van der Waals surface area contributed by atoms with E-state index >= 15 is 0 Å². The summed E-state index contributed by atoms with van der Waals surface area (Å²) in [6.45, 7) is 4.37. The molecule has 0 saturated heterocycles. The van der Waals surface area contributed by atoms with Gasteiger partial charge in [-0.15, -0.1) is 0 Å². The molecule has 0 aliphatic heterocycles. The number of hydrogen-bond acceptors (Lipinski definition) is 3. The molecule has 5 nitrogen and oxygen atoms in total. The molecule has 7 heteroatoms. The van der Waals surface area contributed by atoms with Crippen LogP contribution in [0.25, 0.3) is 0 Å². The van der Waals surface area contributed by atoms with E-state index in [-0.39, 0.29) is 31.0 Å². The number of nitrogens with zero attached hydrogens (tertiary/aromatic N) is 1. The van der Waals surface area contributed by atoms with Gasteiger partial charge in [-0.05, 0) is 50.2 Å². The van der Waals surface area contributed by atoms with Crippen molar-refractivity contribution in [1.29, 1.82) is 0 Å². The average molecular weight is 349 g/mol. The third-order valence-corrected chi connectivity index (χ3v) is 3.03. The van der Waals surface area contributed by atoms with Crippen molar-refractivity contribution in [3.8, 4) is 11.5 Å². The Kier molecular flexibility index (Phi) is 6.56. The minimum atomic E-state index is -0.952. The number of benzene rings is 2. The number of halogens is 2. The molecule has 0 amide bonds. The molecule has 0 bridgehead atoms. The minimum absolute atomic E-state index is 0.111. The van der Waals surface area contributed by atoms with Gasteiger partial charge in [0.15, 0.2) is 17.6 Å². The summed E-state index contributed by atoms with van der Waals surface area (Å²) in [5.74, 6) is -0.625. The van der Waals surface area contributed by atoms with Crippen LogP contribution in [0.5, 0.6) is 11.5 Å². The Balaban J connectivity index is 1.78. The smallest absolute Gasteiger partial charge is 0.193 e. The first-order valence-electron chi connectivity index (χ1n) is 7.85. The SMILES string of the molecule is CC(C)Oc1ccc(NC(N)=NCCOc2ccc(F)c(F)c2)cc1. The molecular weight excluding hydrogens is 328 g/mol. The Bertz CT molecular complexity index is 719. The second kappa shape index (κ2) is 8.86. The van der Waals surface area contributed by atoms with Crippen molar-refractivity contribution in [1.82, 2.24) is 0 Å². The number of ether oxygens (including phenoxy) is 2. The lowest BCUT2D eigenvalue weighted by atomic mass is 10.3. The molecule has 25 heavy (non-hydrogen) atoms. The van der Waals surface area contributed by atoms with Crippen LogP contribution < -0.4 is 20.5 Å². The topological polar surface area (TPSA) is 68.9 Å². The Morgan fingerprint density at radius 2 is 1.76 bits per heavy atom. The predicted molar refractivity (Wildman–Crippen MR) is 94.2 cm³/mol. The second-order valence-electron chi connectivity index (χ2n) is 5.51. The van der Waals surface area contributed by atoms with E-state index in [1.54, 1.807) is 0 Å². The molecule has 0 radical (unpaired) electrons. The van der Waals surface area contributed by atoms with Crippen LogP contribution in [0.4, 0.5) is 14.5 Å². The highest BCUT2D eigenvalue weighted by Gasteiger charge is 2.03. The fourth-order valence-corrected chi connectivity index (χ4v) is 1.97. The van der Waals surface area contributed by atoms with E-state index in [0.717, 1.165) is 23.6 Å². The summed E-state index contributed by atoms with van der Waals surface area (Å²) >= 11 is 0. The normalized spacial score (nSPS) is 11.5. The first-order valence-corrected chi connectivity index (χ1v) is 7.85. The fraction of sp³-hybridized carbons (Fsp3) is 0.278. The molecule has 0 spiro atoms. The average Bonchev–Trinajstić information content (AvgIpc) is 2.56. The largest absolute Gasteiger partial charge is 0.492 e. The maximum absolute atomic E-state index is 13.0. The summed E-state index contributed by atoms with van der Waals surface area (Å²) in [6, 6.07) is 10.7. The molecule has 3 N–H and O–H groups in total. The van der Waals surface area contributed by atoms with Crippen LogP contribution in [0.1, 0.15) is 13.8 Å². The van der Waals surface area contributed by atoms with E-state index in [4.69, 9.17) is 15.2 Å². The van der Waals surface area contributed by atoms with Crippen LogP contribution in [0.2, 0.25) is 0 Å². The van der Waals surface area contributed by atoms with Gasteiger partial charge in [0.2, 0.25) is 0 Å². The summed E-state index contributed by atoms with van der Waals surface area (Å²) in [5.41, 5.74) is 6.57. The molecule has 2 aromatic carbocycles. The van der Waals surface area contributed by atoms with Gasteiger partial charge in [0.05, 0.1) is 12.6 Å². The zero-order chi connectivity index (χ0) is 18.2. The molecular formula is C18H21F2N3O2. The second-order valence-corrected chi connectivity index (χ2v) is 5.51. The highest BCUT2D eigenvalue weighted by atomic mass is 19.2. The molecule has 0 unspecified atom stereocenters. The van der Waals surface area contributed by atoms with Crippen molar-refractivity contribution in [3.63, 3.8) is 0 Å². The van der Waals surface area contributed by atoms with E-state index in [1.165, 1.54) is 6.07 Å². The van der Waals surface area contributed by atoms with Gasteiger partial charge in [-0.25, -0.2) is 13.8 Å². The van der Waals surface area contributed by atoms with Crippen molar-refractivity contribution < 1.29 is 18.3 Å². The van der Waals surface area contributed by atoms with E-state index < -0.39 is 11.6 Å². The van der Waals surface area contributed by atoms with E-state index in [1.807, 2.05) is 38.1 Å². The van der Waals surface area contributed by atoms with Crippen LogP contribution in [-0.4, -0.2) is 25.2 Å². The molecule has 2 rings (SSSR count). The summed E-state index contributed by atoms with van der Waals surface area (Å²) < 4.78 is 36.7. The zero-order valence-electron chi connectivity index (χ0n) is 14.1. The van der Waals surface area contributed by atoms with E-state index in [2.05, 4.69) is 10.3 Å². The molecule has 0 aliphatic rings. The molecule has 2 aromatic rings. The van der Waals surface area contributed by atoms with Crippen LogP contribution in [0.15, 0.2) is 47.5 Å². The number of guanidine groups is 1. The predicted octanol–water partition coefficient (Wildman–Crippen LogP) is 3.56. The summed E-state index contributed by atoms with van der Waals surface area (Å²) in [4.78, 5) is 4.10. The van der Waals surface area contributed by atoms with Gasteiger partial charge in [-0.2, -0.15) is 0 Å². The maximum Gasteiger partial charge on any atom is 0.193 e. The number of hydrogen-bond donors (Lipinski definition) is 2. The van der Waals surface area contributed by atoms with Gasteiger partial charge < -0.3 is 20.5 Å². The van der Waals surface area contributed by atoms with Crippen molar-refractivity contribution in [3.05, 3.63) is 54.1 Å². The van der Waals surface area contributed by atoms with Crippen molar-refractivity contribution in [2.45, 2.75) is 20.0 Å². The van der Waals surface area contributed by atoms with Gasteiger partial charge in [-0.3, -0.25) is 0 Å². The van der Waals surface area contributed by atoms with Gasteiger partial charge in [0, 0.05) is 11.8 Å². The third kappa shape index (κ3) is 6.29. The molecule has 0 atom stereocenters. The van der Waals surface area contributed by atoms with Gasteiger partial charge in [-0.1, -0.05) is 0 Å². The summed E-state index contributed by atoms with van der Waals surface area (Å²) in [7, 11) is 0. The minimum Gasteiger partial charge on any atom is -0.492 e. The Labute approximate surface area is 145 Å². The monoisotopic (exact) mass is 349 g/mol. The van der Waals surface area contributed by atoms with Gasteiger partial charge in [0.1, 0.15) is 18.1 Å². The molecule has 0 aliphatic carbocycles. The van der Waals surface area contributed by atoms with Gasteiger partial charge >= 0.3 is 0 Å². The van der Waals surface area contributed by atoms with Crippen molar-refractivity contribution >= 4 is 11.6 Å². The Morgan fingerprint density at radius 1 is 1.08 bits per heavy atom. The zero-order valence-corrected chi connectivity index (χ0v) is 14.1. The van der Waals surface area contributed by atoms with Crippen LogP contribution in [-0.2, 0) is 0 Å². The molecule has 0 fully saturated rings. The highest BCUT2D eigenvalue weighted by Crippen LogP contribution is 2.17. The standard InChI is InChI=1S/C18H21F2N3O2/c1-12(2)25-14-5-3-13(4-6-14)23-18(21)22-9-10-24-15-7-8-16(19)17(20)11-15/h3-8,11-12H,9-10H2,1-2H3,(H3,21,22,23). The lowest BCUT2D eigenvalue weighted by Crippen LogP contribution is -2.23. The lowest BCUT2D eigenvalue weighted by molar-refractivity contribution is 0.242. The molecule has 0 heterocycles. The van der Waals surface area contributed by atoms with E-state index in [0.29, 0.717) is 0 Å². The van der Waals surface area contributed by atoms with E-state index in [9.17, 15) is 8.78 Å². The van der Waals surface area contributed by atoms with Crippen LogP contribution in [0, 0.1) is 11.6 Å². The molecule has 0 saturated carbocycles. The number of nitrogens with two attached hydrogens (primary N) is 1. The fourth-order valence-electron chi connectivity index (χ4n) is 1.97. The van der Waals surface area contributed by atoms with Crippen LogP contribution >= 0.6 is 0 Å². The third-order valence-electron chi connectivity index (χ3n) is 3.03. The maximum atomic E-state index is 13.0. The van der Waals surface area contributed by atoms with Crippen molar-refractivity contribution in [2.24, 2.45) is 10.7 Å². The summed E-state index contributed by atoms with van der Waals surface area (Å²) in [6.07, 6.45) is 0.111. The Morgan fingerprint density at radius 3 is 2.40 bits per heavy atom. The Hall–Kier alpha value is -2.83. The number of aliphatic imine (C=N–C) groups is 1. The highest BCUT2D eigenvalue weighted by molar-refractivity contribution is 5.92. The summed E-state index contributed by atoms with van der Waals surface area (Å²) in [5, 5.41) is 2.94. The number of anilines is 1. The lowest BCUT2D eigenvalue weighted by Gasteiger charge is -2.11. The first-order chi connectivity index (χ1) is 11.9. The first kappa shape index (κ1) is 18.5.